The van der Waals surface area contributed by atoms with Crippen LogP contribution in [0, 0.1) is 0 Å². The fraction of sp³-hybridized carbons (Fsp3) is 0.278. The summed E-state index contributed by atoms with van der Waals surface area (Å²) in [6.45, 7) is -0.0691. The van der Waals surface area contributed by atoms with Crippen LogP contribution in [0.15, 0.2) is 36.5 Å². The van der Waals surface area contributed by atoms with Gasteiger partial charge in [-0.1, -0.05) is 12.1 Å². The molecule has 0 fully saturated rings. The largest absolute Gasteiger partial charge is 0.496 e. The molecule has 2 aliphatic heterocycles. The Morgan fingerprint density at radius 2 is 1.96 bits per heavy atom. The van der Waals surface area contributed by atoms with Gasteiger partial charge in [-0.3, -0.25) is 14.5 Å². The lowest BCUT2D eigenvalue weighted by Crippen LogP contribution is -2.44. The lowest BCUT2D eigenvalue weighted by molar-refractivity contribution is 0.0521. The number of amides is 2. The molecule has 2 atom stereocenters. The minimum absolute atomic E-state index is 0.0691. The number of hydrogen-bond acceptors (Lipinski definition) is 6. The number of imide groups is 1. The Morgan fingerprint density at radius 1 is 1.28 bits per heavy atom. The Morgan fingerprint density at radius 3 is 2.60 bits per heavy atom. The first-order valence-corrected chi connectivity index (χ1v) is 8.02. The van der Waals surface area contributed by atoms with Gasteiger partial charge in [0.25, 0.3) is 11.8 Å². The summed E-state index contributed by atoms with van der Waals surface area (Å²) in [4.78, 5) is 30.2. The molecule has 2 N–H and O–H groups in total. The van der Waals surface area contributed by atoms with E-state index in [1.165, 1.54) is 0 Å². The average Bonchev–Trinajstić information content (AvgIpc) is 3.17. The quantitative estimate of drug-likeness (QED) is 0.810. The van der Waals surface area contributed by atoms with Gasteiger partial charge < -0.3 is 15.2 Å². The number of pyridine rings is 1. The van der Waals surface area contributed by atoms with E-state index in [-0.39, 0.29) is 24.4 Å². The zero-order valence-electron chi connectivity index (χ0n) is 13.6. The van der Waals surface area contributed by atoms with Gasteiger partial charge in [-0.2, -0.15) is 0 Å². The van der Waals surface area contributed by atoms with Crippen molar-refractivity contribution in [2.75, 3.05) is 19.0 Å². The first-order chi connectivity index (χ1) is 12.1. The lowest BCUT2D eigenvalue weighted by atomic mass is 10.1. The van der Waals surface area contributed by atoms with Crippen molar-refractivity contribution >= 4 is 17.6 Å². The second kappa shape index (κ2) is 5.86. The van der Waals surface area contributed by atoms with Crippen molar-refractivity contribution in [3.63, 3.8) is 0 Å². The van der Waals surface area contributed by atoms with Gasteiger partial charge in [0.15, 0.2) is 0 Å². The molecule has 0 saturated carbocycles. The van der Waals surface area contributed by atoms with Crippen molar-refractivity contribution in [2.45, 2.75) is 18.6 Å². The average molecular weight is 339 g/mol. The molecular weight excluding hydrogens is 322 g/mol. The van der Waals surface area contributed by atoms with E-state index in [2.05, 4.69) is 10.3 Å². The number of nitrogens with zero attached hydrogens (tertiary/aromatic N) is 2. The molecule has 0 radical (unpaired) electrons. The molecule has 4 rings (SSSR count). The number of rotatable bonds is 4. The second-order valence-electron chi connectivity index (χ2n) is 6.13. The fourth-order valence-corrected chi connectivity index (χ4v) is 3.39. The van der Waals surface area contributed by atoms with Gasteiger partial charge >= 0.3 is 0 Å². The molecule has 0 spiro atoms. The van der Waals surface area contributed by atoms with Crippen molar-refractivity contribution < 1.29 is 19.4 Å². The summed E-state index contributed by atoms with van der Waals surface area (Å²) in [6.07, 6.45) is 1.22. The summed E-state index contributed by atoms with van der Waals surface area (Å²) in [5.74, 6) is 0.621. The first-order valence-electron chi connectivity index (χ1n) is 8.02. The van der Waals surface area contributed by atoms with Gasteiger partial charge in [-0.05, 0) is 18.2 Å². The third kappa shape index (κ3) is 2.44. The third-order valence-corrected chi connectivity index (χ3v) is 4.69. The van der Waals surface area contributed by atoms with Crippen LogP contribution in [0.25, 0.3) is 0 Å². The SMILES string of the molecule is COc1ccnc2c1CC(C(O)CN1C(=O)c3ccccc3C1=O)N2. The monoisotopic (exact) mass is 339 g/mol. The molecular formula is C18H17N3O4. The number of anilines is 1. The molecule has 0 saturated heterocycles. The number of β-amino-alcohol motifs (C(OH)–C–C–N with tert-alkyl or cyclic N) is 1. The normalized spacial score (nSPS) is 19.4. The molecule has 1 aromatic carbocycles. The molecule has 2 aromatic rings. The number of aliphatic hydroxyl groups excluding tert-OH is 1. The van der Waals surface area contributed by atoms with Gasteiger partial charge in [0.05, 0.1) is 36.9 Å². The van der Waals surface area contributed by atoms with Crippen LogP contribution in [-0.4, -0.2) is 52.6 Å². The van der Waals surface area contributed by atoms with E-state index in [1.807, 2.05) is 0 Å². The number of aromatic nitrogens is 1. The zero-order valence-corrected chi connectivity index (χ0v) is 13.6. The summed E-state index contributed by atoms with van der Waals surface area (Å²) >= 11 is 0. The van der Waals surface area contributed by atoms with Crippen molar-refractivity contribution in [2.24, 2.45) is 0 Å². The van der Waals surface area contributed by atoms with E-state index in [0.29, 0.717) is 29.1 Å². The number of hydrogen-bond donors (Lipinski definition) is 2. The van der Waals surface area contributed by atoms with Crippen LogP contribution in [0.1, 0.15) is 26.3 Å². The van der Waals surface area contributed by atoms with E-state index in [0.717, 1.165) is 10.5 Å². The maximum atomic E-state index is 12.4. The Kier molecular flexibility index (Phi) is 3.65. The maximum absolute atomic E-state index is 12.4. The number of ether oxygens (including phenoxy) is 1. The van der Waals surface area contributed by atoms with Crippen molar-refractivity contribution in [3.05, 3.63) is 53.2 Å². The smallest absolute Gasteiger partial charge is 0.261 e. The molecule has 2 amide bonds. The number of carbonyl (C=O) groups is 2. The summed E-state index contributed by atoms with van der Waals surface area (Å²) in [6, 6.07) is 8.11. The molecule has 0 aliphatic carbocycles. The van der Waals surface area contributed by atoms with Gasteiger partial charge in [-0.25, -0.2) is 4.98 Å². The van der Waals surface area contributed by atoms with Crippen LogP contribution >= 0.6 is 0 Å². The number of aliphatic hydroxyl groups is 1. The predicted octanol–water partition coefficient (Wildman–Crippen LogP) is 1.08. The van der Waals surface area contributed by atoms with Crippen molar-refractivity contribution in [3.8, 4) is 5.75 Å². The van der Waals surface area contributed by atoms with Gasteiger partial charge in [0.1, 0.15) is 11.6 Å². The summed E-state index contributed by atoms with van der Waals surface area (Å²) < 4.78 is 5.31. The van der Waals surface area contributed by atoms with E-state index >= 15 is 0 Å². The highest BCUT2D eigenvalue weighted by atomic mass is 16.5. The van der Waals surface area contributed by atoms with E-state index in [9.17, 15) is 14.7 Å². The topological polar surface area (TPSA) is 91.8 Å². The lowest BCUT2D eigenvalue weighted by Gasteiger charge is -2.23. The van der Waals surface area contributed by atoms with Crippen LogP contribution in [0.3, 0.4) is 0 Å². The van der Waals surface area contributed by atoms with Gasteiger partial charge in [0.2, 0.25) is 0 Å². The number of benzene rings is 1. The van der Waals surface area contributed by atoms with Crippen LogP contribution in [0.2, 0.25) is 0 Å². The second-order valence-corrected chi connectivity index (χ2v) is 6.13. The summed E-state index contributed by atoms with van der Waals surface area (Å²) in [5.41, 5.74) is 1.65. The molecule has 7 heteroatoms. The van der Waals surface area contributed by atoms with E-state index in [1.54, 1.807) is 43.6 Å². The Balaban J connectivity index is 1.50. The van der Waals surface area contributed by atoms with Crippen LogP contribution < -0.4 is 10.1 Å². The van der Waals surface area contributed by atoms with Crippen molar-refractivity contribution in [1.29, 1.82) is 0 Å². The highest BCUT2D eigenvalue weighted by Gasteiger charge is 2.39. The summed E-state index contributed by atoms with van der Waals surface area (Å²) in [5, 5.41) is 13.7. The molecule has 25 heavy (non-hydrogen) atoms. The van der Waals surface area contributed by atoms with E-state index in [4.69, 9.17) is 4.74 Å². The third-order valence-electron chi connectivity index (χ3n) is 4.69. The Bertz CT molecular complexity index is 832. The molecule has 1 aromatic heterocycles. The maximum Gasteiger partial charge on any atom is 0.261 e. The minimum Gasteiger partial charge on any atom is -0.496 e. The van der Waals surface area contributed by atoms with Crippen molar-refractivity contribution in [1.82, 2.24) is 9.88 Å². The molecule has 2 unspecified atom stereocenters. The highest BCUT2D eigenvalue weighted by molar-refractivity contribution is 6.21. The Labute approximate surface area is 144 Å². The first kappa shape index (κ1) is 15.6. The molecule has 2 aliphatic rings. The molecule has 0 bridgehead atoms. The molecule has 3 heterocycles. The molecule has 7 nitrogen and oxygen atoms in total. The van der Waals surface area contributed by atoms with Gasteiger partial charge in [0, 0.05) is 18.2 Å². The number of methoxy groups -OCH3 is 1. The van der Waals surface area contributed by atoms with Crippen LogP contribution in [0.4, 0.5) is 5.82 Å². The molecule has 128 valence electrons. The fourth-order valence-electron chi connectivity index (χ4n) is 3.39. The minimum atomic E-state index is -0.916. The zero-order chi connectivity index (χ0) is 17.6. The standard InChI is InChI=1S/C18H17N3O4/c1-25-15-6-7-19-16-12(15)8-13(20-16)14(22)9-21-17(23)10-4-2-3-5-11(10)18(21)24/h2-7,13-14,22H,8-9H2,1H3,(H,19,20). The number of carbonyl (C=O) groups excluding carboxylic acids is 2. The summed E-state index contributed by atoms with van der Waals surface area (Å²) in [7, 11) is 1.58. The number of nitrogens with one attached hydrogen (secondary N) is 1. The van der Waals surface area contributed by atoms with Crippen LogP contribution in [0.5, 0.6) is 5.75 Å². The van der Waals surface area contributed by atoms with Crippen LogP contribution in [-0.2, 0) is 6.42 Å². The predicted molar refractivity (Wildman–Crippen MR) is 89.7 cm³/mol. The highest BCUT2D eigenvalue weighted by Crippen LogP contribution is 2.33. The number of fused-ring (bicyclic) bond motifs is 2. The Hall–Kier alpha value is -2.93. The van der Waals surface area contributed by atoms with Gasteiger partial charge in [-0.15, -0.1) is 0 Å². The van der Waals surface area contributed by atoms with E-state index < -0.39 is 6.10 Å².